The summed E-state index contributed by atoms with van der Waals surface area (Å²) in [6.45, 7) is 24.3. The Bertz CT molecular complexity index is 1660. The van der Waals surface area contributed by atoms with Crippen molar-refractivity contribution >= 4 is 50.6 Å². The minimum Gasteiger partial charge on any atom is -0.512 e. The number of nitrogens with zero attached hydrogens (tertiary/aromatic N) is 1. The van der Waals surface area contributed by atoms with Crippen molar-refractivity contribution in [2.45, 2.75) is 113 Å². The number of aryl methyl sites for hydroxylation is 1. The Morgan fingerprint density at radius 1 is 0.939 bits per heavy atom. The summed E-state index contributed by atoms with van der Waals surface area (Å²) in [5, 5.41) is 13.2. The maximum absolute atomic E-state index is 11.7. The van der Waals surface area contributed by atoms with E-state index in [4.69, 9.17) is 4.98 Å². The van der Waals surface area contributed by atoms with E-state index in [2.05, 4.69) is 116 Å². The average Bonchev–Trinajstić information content (AvgIpc) is 3.37. The van der Waals surface area contributed by atoms with Gasteiger partial charge in [0.05, 0.1) is 5.76 Å². The van der Waals surface area contributed by atoms with Crippen molar-refractivity contribution in [1.82, 2.24) is 4.98 Å². The van der Waals surface area contributed by atoms with Crippen molar-refractivity contribution in [3.8, 4) is 11.3 Å². The van der Waals surface area contributed by atoms with Gasteiger partial charge in [0.15, 0.2) is 12.5 Å². The number of allylic oxidation sites excluding steroid dienone is 2. The fourth-order valence-electron chi connectivity index (χ4n) is 7.61. The Morgan fingerprint density at radius 3 is 2.02 bits per heavy atom. The van der Waals surface area contributed by atoms with Crippen LogP contribution in [0.15, 0.2) is 54.4 Å². The van der Waals surface area contributed by atoms with Crippen LogP contribution in [-0.4, -0.2) is 30.6 Å². The SMILES string of the molecule is CCC(CC)/C(O)=C/C(=O)CF.Cc1c([Si](CC(C)C)(CC(C)C)CC(C)C)sc2c(-c3[c-]c4ccccc4c(C(C)C)c3)nccc12.[Ir]. The van der Waals surface area contributed by atoms with Gasteiger partial charge in [0.25, 0.3) is 0 Å². The second-order valence-electron chi connectivity index (χ2n) is 15.2. The van der Waals surface area contributed by atoms with E-state index in [-0.39, 0.29) is 31.8 Å². The summed E-state index contributed by atoms with van der Waals surface area (Å²) < 4.78 is 14.8. The molecule has 0 unspecified atom stereocenters. The van der Waals surface area contributed by atoms with Crippen molar-refractivity contribution in [3.63, 3.8) is 0 Å². The number of carbonyl (C=O) groups is 1. The van der Waals surface area contributed by atoms with Gasteiger partial charge < -0.3 is 5.11 Å². The number of ketones is 1. The standard InChI is InChI=1S/C33H44NSSi.C9H15FO2.Ir/c1-21(2)18-36(19-22(3)4,20-23(5)6)33-25(9)28-14-15-34-31(32(28)35-33)27-16-26-12-10-11-13-29(26)30(17-27)24(7)8;1-3-7(4-2)9(12)5-8(11)6-10;/h10-15,17,21-24H,18-20H2,1-9H3;5,7,12H,3-4,6H2,1-2H3;/q-1;;/b;9-5-;. The number of halogens is 1. The molecule has 0 fully saturated rings. The number of benzene rings is 2. The molecule has 271 valence electrons. The molecule has 4 aromatic rings. The smallest absolute Gasteiger partial charge is 0.189 e. The zero-order valence-corrected chi connectivity index (χ0v) is 35.9. The van der Waals surface area contributed by atoms with Gasteiger partial charge in [-0.1, -0.05) is 117 Å². The summed E-state index contributed by atoms with van der Waals surface area (Å²) in [5.74, 6) is 1.94. The molecule has 49 heavy (non-hydrogen) atoms. The van der Waals surface area contributed by atoms with Crippen molar-refractivity contribution in [2.24, 2.45) is 23.7 Å². The summed E-state index contributed by atoms with van der Waals surface area (Å²) >= 11 is 2.08. The van der Waals surface area contributed by atoms with Crippen LogP contribution in [0, 0.1) is 36.7 Å². The molecule has 2 aromatic heterocycles. The molecule has 1 radical (unpaired) electrons. The zero-order valence-electron chi connectivity index (χ0n) is 31.7. The topological polar surface area (TPSA) is 50.2 Å². The number of aliphatic hydroxyl groups excluding tert-OH is 1. The Balaban J connectivity index is 0.000000550. The van der Waals surface area contributed by atoms with Crippen LogP contribution >= 0.6 is 11.3 Å². The first-order chi connectivity index (χ1) is 22.7. The van der Waals surface area contributed by atoms with E-state index in [1.165, 1.54) is 50.1 Å². The van der Waals surface area contributed by atoms with Crippen LogP contribution < -0.4 is 4.50 Å². The molecule has 0 amide bonds. The fraction of sp³-hybridized carbons (Fsp3) is 0.524. The first-order valence-electron chi connectivity index (χ1n) is 18.0. The molecule has 3 nitrogen and oxygen atoms in total. The second-order valence-corrected chi connectivity index (χ2v) is 20.9. The molecule has 0 aliphatic rings. The van der Waals surface area contributed by atoms with E-state index in [0.29, 0.717) is 5.92 Å². The molecule has 2 heterocycles. The van der Waals surface area contributed by atoms with Gasteiger partial charge in [0.1, 0.15) is 8.07 Å². The van der Waals surface area contributed by atoms with E-state index in [1.807, 2.05) is 20.0 Å². The fourth-order valence-corrected chi connectivity index (χ4v) is 17.3. The van der Waals surface area contributed by atoms with Crippen LogP contribution in [0.4, 0.5) is 4.39 Å². The molecule has 0 saturated carbocycles. The monoisotopic (exact) mass is 881 g/mol. The third-order valence-electron chi connectivity index (χ3n) is 9.26. The van der Waals surface area contributed by atoms with Gasteiger partial charge in [-0.2, -0.15) is 11.3 Å². The molecule has 0 spiro atoms. The summed E-state index contributed by atoms with van der Waals surface area (Å²) in [5.41, 5.74) is 5.16. The van der Waals surface area contributed by atoms with Gasteiger partial charge in [0.2, 0.25) is 0 Å². The zero-order chi connectivity index (χ0) is 35.8. The van der Waals surface area contributed by atoms with E-state index in [1.54, 1.807) is 4.50 Å². The second kappa shape index (κ2) is 19.4. The number of hydrogen-bond donors (Lipinski definition) is 1. The molecular weight excluding hydrogens is 822 g/mol. The normalized spacial score (nSPS) is 12.4. The first kappa shape index (κ1) is 43.0. The predicted molar refractivity (Wildman–Crippen MR) is 210 cm³/mol. The Labute approximate surface area is 314 Å². The number of hydrogen-bond acceptors (Lipinski definition) is 4. The van der Waals surface area contributed by atoms with Gasteiger partial charge in [-0.05, 0) is 65.0 Å². The number of aromatic nitrogens is 1. The van der Waals surface area contributed by atoms with Crippen molar-refractivity contribution in [1.29, 1.82) is 0 Å². The minimum absolute atomic E-state index is 0. The number of rotatable bonds is 14. The van der Waals surface area contributed by atoms with Crippen LogP contribution in [0.1, 0.15) is 99.1 Å². The third-order valence-corrected chi connectivity index (χ3v) is 18.1. The minimum atomic E-state index is -1.70. The van der Waals surface area contributed by atoms with E-state index in [9.17, 15) is 14.3 Å². The summed E-state index contributed by atoms with van der Waals surface area (Å²) in [4.78, 5) is 15.5. The third kappa shape index (κ3) is 10.9. The van der Waals surface area contributed by atoms with Gasteiger partial charge in [0, 0.05) is 48.7 Å². The molecule has 0 aliphatic carbocycles. The summed E-state index contributed by atoms with van der Waals surface area (Å²) in [6.07, 6.45) is 4.53. The number of alkyl halides is 1. The first-order valence-corrected chi connectivity index (χ1v) is 21.4. The molecule has 7 heteroatoms. The number of fused-ring (bicyclic) bond motifs is 2. The largest absolute Gasteiger partial charge is 0.512 e. The van der Waals surface area contributed by atoms with Gasteiger partial charge in [-0.3, -0.25) is 9.78 Å². The molecule has 1 N–H and O–H groups in total. The molecule has 0 atom stereocenters. The van der Waals surface area contributed by atoms with E-state index >= 15 is 0 Å². The summed E-state index contributed by atoms with van der Waals surface area (Å²) in [6, 6.07) is 21.2. The number of thiophene rings is 1. The molecule has 0 bridgehead atoms. The van der Waals surface area contributed by atoms with Gasteiger partial charge in [-0.25, -0.2) is 4.39 Å². The maximum Gasteiger partial charge on any atom is 0.189 e. The molecular formula is C42H59FIrNO2SSi-. The van der Waals surface area contributed by atoms with Crippen LogP contribution in [-0.2, 0) is 24.9 Å². The van der Waals surface area contributed by atoms with Crippen molar-refractivity contribution in [3.05, 3.63) is 71.6 Å². The van der Waals surface area contributed by atoms with Crippen molar-refractivity contribution < 1.29 is 34.4 Å². The van der Waals surface area contributed by atoms with Crippen molar-refractivity contribution in [2.75, 3.05) is 6.67 Å². The van der Waals surface area contributed by atoms with E-state index < -0.39 is 20.5 Å². The van der Waals surface area contributed by atoms with E-state index in [0.717, 1.165) is 47.9 Å². The average molecular weight is 881 g/mol. The molecule has 0 saturated heterocycles. The van der Waals surface area contributed by atoms with Crippen LogP contribution in [0.3, 0.4) is 0 Å². The number of pyridine rings is 1. The Morgan fingerprint density at radius 2 is 1.51 bits per heavy atom. The van der Waals surface area contributed by atoms with Gasteiger partial charge in [-0.15, -0.1) is 29.1 Å². The van der Waals surface area contributed by atoms with Gasteiger partial charge >= 0.3 is 0 Å². The maximum atomic E-state index is 11.7. The molecule has 4 rings (SSSR count). The van der Waals surface area contributed by atoms with Crippen LogP contribution in [0.2, 0.25) is 18.1 Å². The molecule has 0 aliphatic heterocycles. The Kier molecular flexibility index (Phi) is 17.0. The quantitative estimate of drug-likeness (QED) is 0.0594. The number of aliphatic hydroxyl groups is 1. The summed E-state index contributed by atoms with van der Waals surface area (Å²) in [7, 11) is -1.70. The van der Waals surface area contributed by atoms with Crippen LogP contribution in [0.25, 0.3) is 32.1 Å². The molecule has 2 aromatic carbocycles. The van der Waals surface area contributed by atoms with Crippen LogP contribution in [0.5, 0.6) is 0 Å². The predicted octanol–water partition coefficient (Wildman–Crippen LogP) is 12.4. The Hall–Kier alpha value is -2.18. The number of carbonyl (C=O) groups excluding carboxylic acids is 1.